The molecule has 0 radical (unpaired) electrons. The fraction of sp³-hybridized carbons (Fsp3) is 0.500. The van der Waals surface area contributed by atoms with Gasteiger partial charge >= 0.3 is 6.03 Å². The Morgan fingerprint density at radius 2 is 2.17 bits per heavy atom. The van der Waals surface area contributed by atoms with Crippen molar-refractivity contribution < 1.29 is 13.9 Å². The highest BCUT2D eigenvalue weighted by Crippen LogP contribution is 2.48. The maximum Gasteiger partial charge on any atom is 0.319 e. The molecule has 122 valence electrons. The molecule has 1 aromatic carbocycles. The minimum Gasteiger partial charge on any atom is -0.438 e. The van der Waals surface area contributed by atoms with Crippen molar-refractivity contribution in [1.29, 1.82) is 0 Å². The zero-order valence-electron chi connectivity index (χ0n) is 12.9. The minimum absolute atomic E-state index is 0.211. The fourth-order valence-electron chi connectivity index (χ4n) is 3.80. The standard InChI is InChI=1S/C16H18ClN3O3/c1-22-8-11-18-10-7-9(17)13-12(14(10)23-11)16(20-15(21)19-13)5-3-2-4-6-16/h7H,2-6,8H2,1H3,(H2,19,20,21). The van der Waals surface area contributed by atoms with E-state index >= 15 is 0 Å². The molecule has 2 heterocycles. The number of nitrogens with zero attached hydrogens (tertiary/aromatic N) is 1. The Labute approximate surface area is 138 Å². The monoisotopic (exact) mass is 335 g/mol. The molecule has 6 nitrogen and oxygen atoms in total. The third kappa shape index (κ3) is 2.28. The number of hydrogen-bond donors (Lipinski definition) is 2. The number of urea groups is 1. The van der Waals surface area contributed by atoms with Crippen LogP contribution in [-0.2, 0) is 16.9 Å². The van der Waals surface area contributed by atoms with E-state index in [1.807, 2.05) is 0 Å². The van der Waals surface area contributed by atoms with Crippen LogP contribution in [0.1, 0.15) is 43.6 Å². The first-order valence-corrected chi connectivity index (χ1v) is 8.21. The molecule has 23 heavy (non-hydrogen) atoms. The van der Waals surface area contributed by atoms with Gasteiger partial charge in [0.1, 0.15) is 12.1 Å². The normalized spacial score (nSPS) is 19.5. The first kappa shape index (κ1) is 14.8. The van der Waals surface area contributed by atoms with Crippen LogP contribution in [0.3, 0.4) is 0 Å². The Hall–Kier alpha value is -1.79. The summed E-state index contributed by atoms with van der Waals surface area (Å²) >= 11 is 6.42. The third-order valence-electron chi connectivity index (χ3n) is 4.72. The van der Waals surface area contributed by atoms with E-state index in [4.69, 9.17) is 20.8 Å². The first-order chi connectivity index (χ1) is 11.1. The molecule has 1 aliphatic heterocycles. The maximum atomic E-state index is 12.1. The van der Waals surface area contributed by atoms with E-state index in [1.54, 1.807) is 13.2 Å². The molecule has 1 aromatic heterocycles. The van der Waals surface area contributed by atoms with E-state index in [0.29, 0.717) is 34.3 Å². The highest BCUT2D eigenvalue weighted by atomic mass is 35.5. The molecule has 1 fully saturated rings. The third-order valence-corrected chi connectivity index (χ3v) is 5.02. The van der Waals surface area contributed by atoms with Crippen LogP contribution in [0.5, 0.6) is 0 Å². The second-order valence-electron chi connectivity index (χ2n) is 6.22. The van der Waals surface area contributed by atoms with Crippen molar-refractivity contribution in [3.05, 3.63) is 22.5 Å². The molecule has 0 saturated heterocycles. The van der Waals surface area contributed by atoms with Crippen molar-refractivity contribution in [1.82, 2.24) is 10.3 Å². The second-order valence-corrected chi connectivity index (χ2v) is 6.63. The predicted octanol–water partition coefficient (Wildman–Crippen LogP) is 3.92. The van der Waals surface area contributed by atoms with E-state index < -0.39 is 5.54 Å². The number of fused-ring (bicyclic) bond motifs is 4. The number of nitrogens with one attached hydrogen (secondary N) is 2. The Balaban J connectivity index is 1.98. The molecule has 0 unspecified atom stereocenters. The minimum atomic E-state index is -0.428. The summed E-state index contributed by atoms with van der Waals surface area (Å²) in [6.45, 7) is 0.299. The molecule has 2 amide bonds. The van der Waals surface area contributed by atoms with Gasteiger partial charge in [-0.2, -0.15) is 0 Å². The molecule has 1 aliphatic carbocycles. The summed E-state index contributed by atoms with van der Waals surface area (Å²) in [7, 11) is 1.60. The van der Waals surface area contributed by atoms with Crippen molar-refractivity contribution in [3.8, 4) is 0 Å². The van der Waals surface area contributed by atoms with E-state index in [0.717, 1.165) is 31.2 Å². The van der Waals surface area contributed by atoms with Crippen molar-refractivity contribution in [2.45, 2.75) is 44.2 Å². The molecule has 4 rings (SSSR count). The lowest BCUT2D eigenvalue weighted by molar-refractivity contribution is 0.161. The summed E-state index contributed by atoms with van der Waals surface area (Å²) in [5.74, 6) is 0.509. The lowest BCUT2D eigenvalue weighted by Crippen LogP contribution is -2.52. The van der Waals surface area contributed by atoms with Gasteiger partial charge in [0.15, 0.2) is 5.58 Å². The van der Waals surface area contributed by atoms with Crippen molar-refractivity contribution in [2.24, 2.45) is 0 Å². The Morgan fingerprint density at radius 1 is 1.39 bits per heavy atom. The number of halogens is 1. The summed E-state index contributed by atoms with van der Waals surface area (Å²) in [5.41, 5.74) is 2.52. The molecular weight excluding hydrogens is 318 g/mol. The van der Waals surface area contributed by atoms with Crippen LogP contribution in [0.15, 0.2) is 10.5 Å². The number of amides is 2. The number of oxazole rings is 1. The zero-order chi connectivity index (χ0) is 16.0. The molecule has 0 atom stereocenters. The summed E-state index contributed by atoms with van der Waals surface area (Å²) in [6.07, 6.45) is 5.06. The molecule has 7 heteroatoms. The fourth-order valence-corrected chi connectivity index (χ4v) is 4.04. The van der Waals surface area contributed by atoms with Gasteiger partial charge in [0.05, 0.1) is 16.2 Å². The molecular formula is C16H18ClN3O3. The quantitative estimate of drug-likeness (QED) is 0.872. The number of ether oxygens (including phenoxy) is 1. The zero-order valence-corrected chi connectivity index (χ0v) is 13.6. The highest BCUT2D eigenvalue weighted by Gasteiger charge is 2.44. The van der Waals surface area contributed by atoms with Crippen LogP contribution < -0.4 is 10.6 Å². The van der Waals surface area contributed by atoms with Crippen LogP contribution in [0.4, 0.5) is 10.5 Å². The molecule has 2 N–H and O–H groups in total. The second kappa shape index (κ2) is 5.39. The van der Waals surface area contributed by atoms with Gasteiger partial charge in [0, 0.05) is 12.7 Å². The van der Waals surface area contributed by atoms with E-state index in [-0.39, 0.29) is 6.03 Å². The number of aromatic nitrogens is 1. The van der Waals surface area contributed by atoms with Crippen LogP contribution in [0.2, 0.25) is 5.02 Å². The van der Waals surface area contributed by atoms with Crippen LogP contribution in [0, 0.1) is 0 Å². The predicted molar refractivity (Wildman–Crippen MR) is 86.6 cm³/mol. The van der Waals surface area contributed by atoms with Crippen molar-refractivity contribution in [3.63, 3.8) is 0 Å². The van der Waals surface area contributed by atoms with Gasteiger partial charge in [-0.15, -0.1) is 0 Å². The van der Waals surface area contributed by atoms with Gasteiger partial charge in [-0.3, -0.25) is 0 Å². The van der Waals surface area contributed by atoms with Gasteiger partial charge in [-0.1, -0.05) is 30.9 Å². The number of hydrogen-bond acceptors (Lipinski definition) is 4. The van der Waals surface area contributed by atoms with Crippen molar-refractivity contribution >= 4 is 34.4 Å². The summed E-state index contributed by atoms with van der Waals surface area (Å²) in [4.78, 5) is 16.6. The van der Waals surface area contributed by atoms with E-state index in [9.17, 15) is 4.79 Å². The van der Waals surface area contributed by atoms with Gasteiger partial charge in [-0.05, 0) is 18.9 Å². The molecule has 2 aliphatic rings. The largest absolute Gasteiger partial charge is 0.438 e. The van der Waals surface area contributed by atoms with Gasteiger partial charge in [0.2, 0.25) is 5.89 Å². The van der Waals surface area contributed by atoms with Crippen LogP contribution in [-0.4, -0.2) is 18.1 Å². The summed E-state index contributed by atoms with van der Waals surface area (Å²) < 4.78 is 11.0. The Morgan fingerprint density at radius 3 is 2.91 bits per heavy atom. The molecule has 1 spiro atoms. The average Bonchev–Trinajstić information content (AvgIpc) is 2.90. The molecule has 2 aromatic rings. The van der Waals surface area contributed by atoms with Gasteiger partial charge < -0.3 is 19.8 Å². The summed E-state index contributed by atoms with van der Waals surface area (Å²) in [6, 6.07) is 1.53. The maximum absolute atomic E-state index is 12.1. The smallest absolute Gasteiger partial charge is 0.319 e. The molecule has 1 saturated carbocycles. The summed E-state index contributed by atoms with van der Waals surface area (Å²) in [5, 5.41) is 6.44. The number of benzene rings is 1. The average molecular weight is 336 g/mol. The van der Waals surface area contributed by atoms with Crippen molar-refractivity contribution in [2.75, 3.05) is 12.4 Å². The topological polar surface area (TPSA) is 76.4 Å². The molecule has 0 bridgehead atoms. The number of methoxy groups -OCH3 is 1. The number of carbonyl (C=O) groups excluding carboxylic acids is 1. The van der Waals surface area contributed by atoms with E-state index in [2.05, 4.69) is 15.6 Å². The Kier molecular flexibility index (Phi) is 3.46. The van der Waals surface area contributed by atoms with Crippen LogP contribution >= 0.6 is 11.6 Å². The highest BCUT2D eigenvalue weighted by molar-refractivity contribution is 6.35. The van der Waals surface area contributed by atoms with Gasteiger partial charge in [-0.25, -0.2) is 9.78 Å². The lowest BCUT2D eigenvalue weighted by Gasteiger charge is -2.42. The van der Waals surface area contributed by atoms with Crippen LogP contribution in [0.25, 0.3) is 11.1 Å². The number of carbonyl (C=O) groups is 1. The first-order valence-electron chi connectivity index (χ1n) is 7.83. The number of rotatable bonds is 2. The van der Waals surface area contributed by atoms with E-state index in [1.165, 1.54) is 6.42 Å². The number of anilines is 1. The lowest BCUT2D eigenvalue weighted by atomic mass is 9.74. The SMILES string of the molecule is COCc1nc2cc(Cl)c3c(c2o1)C1(CCCCC1)NC(=O)N3. The Bertz CT molecular complexity index is 780. The van der Waals surface area contributed by atoms with Gasteiger partial charge in [0.25, 0.3) is 0 Å².